The Kier molecular flexibility index (Phi) is 9.85. The molecular formula is C70H62BN3S2. The fourth-order valence-electron chi connectivity index (χ4n) is 14.4. The van der Waals surface area contributed by atoms with Crippen molar-refractivity contribution in [1.29, 1.82) is 0 Å². The van der Waals surface area contributed by atoms with Crippen LogP contribution in [0.3, 0.4) is 0 Å². The van der Waals surface area contributed by atoms with Crippen LogP contribution in [0.25, 0.3) is 51.5 Å². The van der Waals surface area contributed by atoms with Crippen LogP contribution in [0.15, 0.2) is 182 Å². The lowest BCUT2D eigenvalue weighted by atomic mass is 9.33. The van der Waals surface area contributed by atoms with Crippen molar-refractivity contribution in [3.8, 4) is 11.1 Å². The molecule has 2 atom stereocenters. The number of anilines is 8. The molecule has 0 spiro atoms. The molecule has 2 aromatic heterocycles. The van der Waals surface area contributed by atoms with E-state index in [0.717, 1.165) is 6.42 Å². The Morgan fingerprint density at radius 1 is 0.447 bits per heavy atom. The summed E-state index contributed by atoms with van der Waals surface area (Å²) in [5, 5.41) is 5.28. The fourth-order valence-corrected chi connectivity index (χ4v) is 16.9. The second-order valence-electron chi connectivity index (χ2n) is 24.8. The van der Waals surface area contributed by atoms with E-state index in [1.54, 1.807) is 0 Å². The van der Waals surface area contributed by atoms with Gasteiger partial charge in [0.05, 0.1) is 21.6 Å². The Morgan fingerprint density at radius 3 is 1.74 bits per heavy atom. The standard InChI is InChI=1S/C70H62BN3S2/c1-67(2,3)44-31-34-54(51(39-44)43-21-10-9-11-22-43)72-57-36-33-50-48-24-13-17-30-62(48)76-66(50)64(57)71-53-40-45(68(4,5)6)32-35-56(53)73(58-28-20-25-49-47-23-12-16-29-61(47)75-65(49)58)60-42-46(41-59(72)63(60)71)74-55-27-15-14-26-52(55)69(7)37-18-19-38-70(69,74)8/h9-17,20-36,39-42H,18-19,37-38H2,1-8H3. The van der Waals surface area contributed by atoms with Gasteiger partial charge in [0.25, 0.3) is 6.71 Å². The fraction of sp³-hybridized carbons (Fsp3) is 0.229. The molecule has 5 heterocycles. The molecule has 6 heteroatoms. The molecule has 1 fully saturated rings. The van der Waals surface area contributed by atoms with Crippen LogP contribution >= 0.6 is 22.7 Å². The van der Waals surface area contributed by atoms with Gasteiger partial charge in [-0.05, 0) is 135 Å². The lowest BCUT2D eigenvalue weighted by molar-refractivity contribution is 0.195. The Labute approximate surface area is 456 Å². The molecule has 0 amide bonds. The van der Waals surface area contributed by atoms with Gasteiger partial charge in [0.2, 0.25) is 0 Å². The van der Waals surface area contributed by atoms with Gasteiger partial charge in [0, 0.05) is 75.4 Å². The summed E-state index contributed by atoms with van der Waals surface area (Å²) in [6.07, 6.45) is 4.76. The van der Waals surface area contributed by atoms with Gasteiger partial charge in [-0.25, -0.2) is 0 Å². The van der Waals surface area contributed by atoms with Crippen molar-refractivity contribution in [2.24, 2.45) is 0 Å². The number of hydrogen-bond donors (Lipinski definition) is 0. The molecule has 3 aliphatic heterocycles. The van der Waals surface area contributed by atoms with Gasteiger partial charge < -0.3 is 14.7 Å². The number of benzene rings is 9. The first kappa shape index (κ1) is 46.2. The van der Waals surface area contributed by atoms with Crippen molar-refractivity contribution in [2.75, 3.05) is 14.7 Å². The second kappa shape index (κ2) is 16.2. The third-order valence-electron chi connectivity index (χ3n) is 18.5. The van der Waals surface area contributed by atoms with Crippen LogP contribution in [-0.2, 0) is 16.2 Å². The Bertz CT molecular complexity index is 4230. The first-order valence-electron chi connectivity index (χ1n) is 27.6. The highest BCUT2D eigenvalue weighted by atomic mass is 32.1. The van der Waals surface area contributed by atoms with Crippen LogP contribution in [0.4, 0.5) is 45.5 Å². The smallest absolute Gasteiger partial charge is 0.254 e. The highest BCUT2D eigenvalue weighted by molar-refractivity contribution is 7.28. The molecule has 0 radical (unpaired) electrons. The van der Waals surface area contributed by atoms with E-state index in [4.69, 9.17) is 0 Å². The molecule has 1 saturated carbocycles. The zero-order valence-electron chi connectivity index (χ0n) is 44.9. The first-order chi connectivity index (χ1) is 36.7. The van der Waals surface area contributed by atoms with E-state index in [2.05, 4.69) is 252 Å². The molecule has 0 saturated heterocycles. The highest BCUT2D eigenvalue weighted by Crippen LogP contribution is 2.62. The molecule has 76 heavy (non-hydrogen) atoms. The number of fused-ring (bicyclic) bond motifs is 14. The third kappa shape index (κ3) is 6.41. The number of hydrogen-bond acceptors (Lipinski definition) is 5. The summed E-state index contributed by atoms with van der Waals surface area (Å²) >= 11 is 3.90. The van der Waals surface area contributed by atoms with Crippen molar-refractivity contribution in [1.82, 2.24) is 0 Å². The largest absolute Gasteiger partial charge is 0.334 e. The lowest BCUT2D eigenvalue weighted by Gasteiger charge is -2.51. The molecule has 0 bridgehead atoms. The number of para-hydroxylation sites is 1. The molecule has 372 valence electrons. The average Bonchev–Trinajstić information content (AvgIpc) is 4.17. The minimum Gasteiger partial charge on any atom is -0.334 e. The van der Waals surface area contributed by atoms with Gasteiger partial charge in [0.15, 0.2) is 0 Å². The van der Waals surface area contributed by atoms with Gasteiger partial charge in [-0.3, -0.25) is 0 Å². The molecule has 3 nitrogen and oxygen atoms in total. The van der Waals surface area contributed by atoms with Crippen LogP contribution < -0.4 is 31.1 Å². The van der Waals surface area contributed by atoms with Crippen molar-refractivity contribution in [2.45, 2.75) is 103 Å². The Hall–Kier alpha value is -7.12. The Balaban J connectivity index is 1.13. The van der Waals surface area contributed by atoms with E-state index >= 15 is 0 Å². The van der Waals surface area contributed by atoms with Gasteiger partial charge in [-0.2, -0.15) is 0 Å². The monoisotopic (exact) mass is 1020 g/mol. The average molecular weight is 1020 g/mol. The predicted octanol–water partition coefficient (Wildman–Crippen LogP) is 18.5. The minimum absolute atomic E-state index is 0.0157. The molecule has 9 aromatic carbocycles. The maximum Gasteiger partial charge on any atom is 0.254 e. The number of nitrogens with zero attached hydrogens (tertiary/aromatic N) is 3. The summed E-state index contributed by atoms with van der Waals surface area (Å²) in [5.74, 6) is 0. The summed E-state index contributed by atoms with van der Waals surface area (Å²) in [6, 6.07) is 70.8. The van der Waals surface area contributed by atoms with Crippen LogP contribution in [0.2, 0.25) is 0 Å². The van der Waals surface area contributed by atoms with Gasteiger partial charge in [0.1, 0.15) is 0 Å². The SMILES string of the molecule is CC(C)(C)c1ccc2c(c1)B1c3c(cc(N4c5ccccc5C5(C)CCCCC45C)cc3N2c2cccc3c2sc2ccccc23)N(c2ccc(C(C)(C)C)cc2-c2ccccc2)c2ccc3c(sc4ccccc43)c21. The van der Waals surface area contributed by atoms with E-state index < -0.39 is 0 Å². The van der Waals surface area contributed by atoms with Gasteiger partial charge in [-0.1, -0.05) is 183 Å². The van der Waals surface area contributed by atoms with E-state index in [1.807, 2.05) is 22.7 Å². The maximum atomic E-state index is 2.81. The first-order valence-corrected chi connectivity index (χ1v) is 29.2. The third-order valence-corrected chi connectivity index (χ3v) is 20.9. The molecular weight excluding hydrogens is 958 g/mol. The zero-order chi connectivity index (χ0) is 51.6. The summed E-state index contributed by atoms with van der Waals surface area (Å²) in [4.78, 5) is 8.24. The molecule has 2 unspecified atom stereocenters. The zero-order valence-corrected chi connectivity index (χ0v) is 46.5. The molecule has 1 aliphatic carbocycles. The maximum absolute atomic E-state index is 2.81. The number of rotatable bonds is 4. The van der Waals surface area contributed by atoms with E-state index in [0.29, 0.717) is 0 Å². The van der Waals surface area contributed by atoms with E-state index in [9.17, 15) is 0 Å². The number of thiophene rings is 2. The summed E-state index contributed by atoms with van der Waals surface area (Å²) < 4.78 is 5.33. The van der Waals surface area contributed by atoms with E-state index in [1.165, 1.54) is 149 Å². The van der Waals surface area contributed by atoms with Gasteiger partial charge >= 0.3 is 0 Å². The molecule has 11 aromatic rings. The second-order valence-corrected chi connectivity index (χ2v) is 26.9. The minimum atomic E-state index is -0.149. The Morgan fingerprint density at radius 2 is 1.01 bits per heavy atom. The van der Waals surface area contributed by atoms with Crippen molar-refractivity contribution in [3.05, 3.63) is 199 Å². The van der Waals surface area contributed by atoms with Crippen molar-refractivity contribution >= 4 is 132 Å². The molecule has 4 aliphatic rings. The summed E-state index contributed by atoms with van der Waals surface area (Å²) in [7, 11) is 0. The van der Waals surface area contributed by atoms with Crippen LogP contribution in [0, 0.1) is 0 Å². The quantitative estimate of drug-likeness (QED) is 0.163. The molecule has 15 rings (SSSR count). The van der Waals surface area contributed by atoms with Crippen LogP contribution in [0.5, 0.6) is 0 Å². The molecule has 0 N–H and O–H groups in total. The van der Waals surface area contributed by atoms with Gasteiger partial charge in [-0.15, -0.1) is 22.7 Å². The summed E-state index contributed by atoms with van der Waals surface area (Å²) in [6.45, 7) is 19.3. The normalized spacial score (nSPS) is 18.8. The predicted molar refractivity (Wildman–Crippen MR) is 332 cm³/mol. The van der Waals surface area contributed by atoms with E-state index in [-0.39, 0.29) is 28.5 Å². The summed E-state index contributed by atoms with van der Waals surface area (Å²) in [5.41, 5.74) is 20.5. The van der Waals surface area contributed by atoms with Crippen molar-refractivity contribution < 1.29 is 0 Å². The van der Waals surface area contributed by atoms with Crippen molar-refractivity contribution in [3.63, 3.8) is 0 Å². The van der Waals surface area contributed by atoms with Crippen LogP contribution in [0.1, 0.15) is 97.8 Å². The lowest BCUT2D eigenvalue weighted by Crippen LogP contribution is -2.62. The highest BCUT2D eigenvalue weighted by Gasteiger charge is 2.58. The topological polar surface area (TPSA) is 9.72 Å². The van der Waals surface area contributed by atoms with Crippen LogP contribution in [-0.4, -0.2) is 12.3 Å².